The third-order valence-electron chi connectivity index (χ3n) is 4.33. The molecule has 0 amide bonds. The Morgan fingerprint density at radius 1 is 1.25 bits per heavy atom. The first-order valence-corrected chi connectivity index (χ1v) is 9.18. The third-order valence-corrected chi connectivity index (χ3v) is 4.33. The minimum atomic E-state index is -0.341. The number of hydrogen-bond acceptors (Lipinski definition) is 3. The molecule has 4 rings (SSSR count). The van der Waals surface area contributed by atoms with Gasteiger partial charge < -0.3 is 4.57 Å². The molecule has 1 saturated carbocycles. The molecule has 0 saturated heterocycles. The molecule has 28 heavy (non-hydrogen) atoms. The first-order valence-electron chi connectivity index (χ1n) is 9.18. The van der Waals surface area contributed by atoms with Crippen molar-refractivity contribution in [3.63, 3.8) is 0 Å². The molecule has 1 aliphatic rings. The van der Waals surface area contributed by atoms with Crippen LogP contribution in [0.1, 0.15) is 29.7 Å². The number of benzene rings is 1. The van der Waals surface area contributed by atoms with Gasteiger partial charge in [0.15, 0.2) is 0 Å². The smallest absolute Gasteiger partial charge is 0.254 e. The molecule has 1 N–H and O–H groups in total. The number of nitrogens with zero attached hydrogens (tertiary/aromatic N) is 3. The number of hydrogen-bond donors (Lipinski definition) is 1. The number of pyridine rings is 1. The van der Waals surface area contributed by atoms with Crippen molar-refractivity contribution in [3.8, 4) is 11.8 Å². The van der Waals surface area contributed by atoms with Gasteiger partial charge in [0.25, 0.3) is 5.71 Å². The lowest BCUT2D eigenvalue weighted by Gasteiger charge is -2.05. The highest BCUT2D eigenvalue weighted by Crippen LogP contribution is 2.27. The van der Waals surface area contributed by atoms with Gasteiger partial charge in [0.05, 0.1) is 17.6 Å². The highest BCUT2D eigenvalue weighted by molar-refractivity contribution is 5.96. The summed E-state index contributed by atoms with van der Waals surface area (Å²) >= 11 is 0. The molecule has 0 spiro atoms. The molecule has 1 fully saturated rings. The van der Waals surface area contributed by atoms with Crippen LogP contribution in [-0.2, 0) is 18.0 Å². The monoisotopic (exact) mass is 375 g/mol. The van der Waals surface area contributed by atoms with Crippen LogP contribution in [0.15, 0.2) is 61.3 Å². The van der Waals surface area contributed by atoms with Crippen LogP contribution in [0.25, 0.3) is 0 Å². The molecule has 2 heterocycles. The summed E-state index contributed by atoms with van der Waals surface area (Å²) in [7, 11) is 0. The summed E-state index contributed by atoms with van der Waals surface area (Å²) in [5.41, 5.74) is 2.49. The number of nitrogens with one attached hydrogen (secondary N) is 1. The maximum absolute atomic E-state index is 14.8. The van der Waals surface area contributed by atoms with Crippen molar-refractivity contribution in [2.45, 2.75) is 26.0 Å². The van der Waals surface area contributed by atoms with E-state index < -0.39 is 0 Å². The van der Waals surface area contributed by atoms with Crippen LogP contribution in [-0.4, -0.2) is 20.2 Å². The SMILES string of the molecule is Fc1cc(C#CC2CC2)ccc1/C(Cn1ccnc1)=[NH+]/OCc1ccccn1. The number of rotatable bonds is 6. The van der Waals surface area contributed by atoms with Gasteiger partial charge in [-0.3, -0.25) is 9.82 Å². The normalized spacial score (nSPS) is 13.7. The Balaban J connectivity index is 1.55. The van der Waals surface area contributed by atoms with Gasteiger partial charge >= 0.3 is 0 Å². The Kier molecular flexibility index (Phi) is 5.43. The van der Waals surface area contributed by atoms with Gasteiger partial charge in [0.2, 0.25) is 6.61 Å². The van der Waals surface area contributed by atoms with E-state index in [1.165, 1.54) is 6.07 Å². The average Bonchev–Trinajstić information content (AvgIpc) is 3.41. The average molecular weight is 375 g/mol. The van der Waals surface area contributed by atoms with E-state index in [0.29, 0.717) is 29.3 Å². The Morgan fingerprint density at radius 3 is 2.89 bits per heavy atom. The number of imidazole rings is 1. The Bertz CT molecular complexity index is 1020. The van der Waals surface area contributed by atoms with E-state index in [-0.39, 0.29) is 12.4 Å². The highest BCUT2D eigenvalue weighted by atomic mass is 19.1. The second-order valence-corrected chi connectivity index (χ2v) is 6.66. The topological polar surface area (TPSA) is 53.9 Å². The van der Waals surface area contributed by atoms with Crippen LogP contribution in [0.2, 0.25) is 0 Å². The van der Waals surface area contributed by atoms with Gasteiger partial charge in [-0.1, -0.05) is 17.9 Å². The zero-order chi connectivity index (χ0) is 19.2. The molecule has 0 radical (unpaired) electrons. The van der Waals surface area contributed by atoms with Gasteiger partial charge in [-0.05, 0) is 48.3 Å². The first kappa shape index (κ1) is 17.9. The van der Waals surface area contributed by atoms with Crippen LogP contribution in [0.3, 0.4) is 0 Å². The fourth-order valence-electron chi connectivity index (χ4n) is 2.67. The maximum atomic E-state index is 14.8. The Morgan fingerprint density at radius 2 is 2.18 bits per heavy atom. The maximum Gasteiger partial charge on any atom is 0.254 e. The standard InChI is InChI=1S/C22H19FN4O/c23-21-13-18(7-6-17-4-5-17)8-9-20(21)22(14-27-12-11-24-16-27)26-28-15-19-3-1-2-10-25-19/h1-3,8-13,16-17H,4-5,14-15H2/p+1/b26-22+. The lowest BCUT2D eigenvalue weighted by atomic mass is 10.1. The van der Waals surface area contributed by atoms with Crippen LogP contribution in [0.5, 0.6) is 0 Å². The van der Waals surface area contributed by atoms with Crippen LogP contribution in [0.4, 0.5) is 4.39 Å². The molecular formula is C22H20FN4O+. The Hall–Kier alpha value is -3.46. The fourth-order valence-corrected chi connectivity index (χ4v) is 2.67. The van der Waals surface area contributed by atoms with E-state index in [2.05, 4.69) is 27.0 Å². The van der Waals surface area contributed by atoms with Crippen molar-refractivity contribution in [2.75, 3.05) is 0 Å². The lowest BCUT2D eigenvalue weighted by Crippen LogP contribution is -2.73. The molecule has 0 atom stereocenters. The van der Waals surface area contributed by atoms with Crippen LogP contribution >= 0.6 is 0 Å². The molecule has 0 aliphatic heterocycles. The van der Waals surface area contributed by atoms with Gasteiger partial charge in [0.1, 0.15) is 12.4 Å². The van der Waals surface area contributed by atoms with Crippen LogP contribution < -0.4 is 5.16 Å². The minimum Gasteiger partial charge on any atom is -0.327 e. The summed E-state index contributed by atoms with van der Waals surface area (Å²) in [6.45, 7) is 0.660. The van der Waals surface area contributed by atoms with E-state index in [0.717, 1.165) is 18.5 Å². The van der Waals surface area contributed by atoms with Gasteiger partial charge in [0, 0.05) is 30.1 Å². The molecule has 2 aromatic heterocycles. The van der Waals surface area contributed by atoms with Gasteiger partial charge in [-0.15, -0.1) is 0 Å². The van der Waals surface area contributed by atoms with Crippen molar-refractivity contribution in [3.05, 3.63) is 84.0 Å². The summed E-state index contributed by atoms with van der Waals surface area (Å²) in [6.07, 6.45) is 9.17. The summed E-state index contributed by atoms with van der Waals surface area (Å²) < 4.78 is 16.6. The number of aromatic nitrogens is 3. The second-order valence-electron chi connectivity index (χ2n) is 6.66. The Labute approximate surface area is 162 Å². The molecule has 1 aromatic carbocycles. The van der Waals surface area contributed by atoms with Crippen molar-refractivity contribution >= 4 is 5.71 Å². The van der Waals surface area contributed by atoms with Crippen LogP contribution in [0, 0.1) is 23.6 Å². The molecule has 1 aliphatic carbocycles. The van der Waals surface area contributed by atoms with E-state index in [1.54, 1.807) is 24.8 Å². The number of halogens is 1. The molecule has 5 nitrogen and oxygen atoms in total. The largest absolute Gasteiger partial charge is 0.327 e. The minimum absolute atomic E-state index is 0.265. The lowest BCUT2D eigenvalue weighted by molar-refractivity contribution is -0.759. The van der Waals surface area contributed by atoms with E-state index in [4.69, 9.17) is 4.84 Å². The predicted octanol–water partition coefficient (Wildman–Crippen LogP) is 1.88. The summed E-state index contributed by atoms with van der Waals surface area (Å²) in [5.74, 6) is 6.34. The quantitative estimate of drug-likeness (QED) is 0.407. The highest BCUT2D eigenvalue weighted by Gasteiger charge is 2.19. The van der Waals surface area contributed by atoms with E-state index in [1.807, 2.05) is 35.0 Å². The third kappa shape index (κ3) is 4.83. The molecule has 6 heteroatoms. The second kappa shape index (κ2) is 8.49. The van der Waals surface area contributed by atoms with Crippen molar-refractivity contribution in [1.82, 2.24) is 14.5 Å². The molecule has 3 aromatic rings. The fraction of sp³-hybridized carbons (Fsp3) is 0.227. The van der Waals surface area contributed by atoms with Crippen molar-refractivity contribution in [1.29, 1.82) is 0 Å². The van der Waals surface area contributed by atoms with Gasteiger partial charge in [-0.2, -0.15) is 0 Å². The van der Waals surface area contributed by atoms with Crippen molar-refractivity contribution < 1.29 is 14.4 Å². The first-order chi connectivity index (χ1) is 13.8. The zero-order valence-corrected chi connectivity index (χ0v) is 15.3. The molecular weight excluding hydrogens is 355 g/mol. The summed E-state index contributed by atoms with van der Waals surface area (Å²) in [6, 6.07) is 10.6. The molecule has 0 unspecified atom stereocenters. The molecule has 140 valence electrons. The van der Waals surface area contributed by atoms with Crippen molar-refractivity contribution in [2.24, 2.45) is 5.92 Å². The van der Waals surface area contributed by atoms with E-state index >= 15 is 0 Å². The zero-order valence-electron chi connectivity index (χ0n) is 15.3. The summed E-state index contributed by atoms with van der Waals surface area (Å²) in [5, 5.41) is 2.90. The van der Waals surface area contributed by atoms with Gasteiger partial charge in [-0.25, -0.2) is 9.37 Å². The van der Waals surface area contributed by atoms with E-state index in [9.17, 15) is 4.39 Å². The predicted molar refractivity (Wildman–Crippen MR) is 102 cm³/mol. The molecule has 0 bridgehead atoms. The summed E-state index contributed by atoms with van der Waals surface area (Å²) in [4.78, 5) is 13.8.